The number of amides is 1. The van der Waals surface area contributed by atoms with E-state index < -0.39 is 29.7 Å². The van der Waals surface area contributed by atoms with Crippen molar-refractivity contribution in [2.24, 2.45) is 0 Å². The van der Waals surface area contributed by atoms with Crippen LogP contribution in [0.2, 0.25) is 0 Å². The average molecular weight is 583 g/mol. The molecule has 40 heavy (non-hydrogen) atoms. The number of benzene rings is 3. The van der Waals surface area contributed by atoms with Gasteiger partial charge in [0.2, 0.25) is 5.89 Å². The van der Waals surface area contributed by atoms with Gasteiger partial charge in [0.1, 0.15) is 6.04 Å². The third-order valence-electron chi connectivity index (χ3n) is 5.95. The van der Waals surface area contributed by atoms with Gasteiger partial charge in [0.15, 0.2) is 11.5 Å². The second kappa shape index (κ2) is 11.6. The Bertz CT molecular complexity index is 1610. The number of nitrogens with one attached hydrogen (secondary N) is 1. The highest BCUT2D eigenvalue weighted by molar-refractivity contribution is 7.98. The molecule has 0 spiro atoms. The van der Waals surface area contributed by atoms with Crippen LogP contribution in [0, 0.1) is 0 Å². The average Bonchev–Trinajstić information content (AvgIpc) is 3.57. The largest absolute Gasteiger partial charge is 0.480 e. The van der Waals surface area contributed by atoms with Crippen LogP contribution in [0.3, 0.4) is 0 Å². The van der Waals surface area contributed by atoms with Crippen LogP contribution in [0.4, 0.5) is 13.2 Å². The van der Waals surface area contributed by atoms with Crippen LogP contribution in [0.1, 0.15) is 21.6 Å². The molecule has 0 aliphatic carbocycles. The number of hydrogen-bond donors (Lipinski definition) is 2. The minimum atomic E-state index is -4.51. The zero-order chi connectivity index (χ0) is 28.3. The molecule has 5 aromatic rings. The first-order valence-corrected chi connectivity index (χ1v) is 14.0. The SMILES string of the molecule is O=C(N[C@@H](CSCc1ccccc1)C(=O)O)c1nc(-c2ccc(C(F)(F)F)cc2)oc1-c1cc2ccccc2s1. The molecule has 0 aliphatic heterocycles. The highest BCUT2D eigenvalue weighted by Crippen LogP contribution is 2.38. The standard InChI is InChI=1S/C29H21F3N2O4S2/c30-29(31,32)20-12-10-18(11-13-20)27-34-24(25(38-27)23-14-19-8-4-5-9-22(19)40-23)26(35)33-21(28(36)37)16-39-15-17-6-2-1-3-7-17/h1-14,21H,15-16H2,(H,33,35)(H,36,37)/t21-/m0/s1. The molecule has 2 N–H and O–H groups in total. The summed E-state index contributed by atoms with van der Waals surface area (Å²) in [7, 11) is 0. The molecule has 0 aliphatic rings. The van der Waals surface area contributed by atoms with Crippen molar-refractivity contribution in [2.75, 3.05) is 5.75 Å². The molecule has 6 nitrogen and oxygen atoms in total. The number of halogens is 3. The quantitative estimate of drug-likeness (QED) is 0.189. The van der Waals surface area contributed by atoms with Crippen LogP contribution in [-0.4, -0.2) is 33.8 Å². The van der Waals surface area contributed by atoms with Gasteiger partial charge in [0, 0.05) is 21.8 Å². The van der Waals surface area contributed by atoms with Crippen LogP contribution in [-0.2, 0) is 16.7 Å². The van der Waals surface area contributed by atoms with Gasteiger partial charge in [-0.1, -0.05) is 48.5 Å². The number of thiophene rings is 1. The highest BCUT2D eigenvalue weighted by atomic mass is 32.2. The number of alkyl halides is 3. The second-order valence-corrected chi connectivity index (χ2v) is 10.9. The van der Waals surface area contributed by atoms with Crippen molar-refractivity contribution in [2.45, 2.75) is 18.0 Å². The number of rotatable bonds is 9. The zero-order valence-corrected chi connectivity index (χ0v) is 22.3. The summed E-state index contributed by atoms with van der Waals surface area (Å²) in [6.45, 7) is 0. The number of aliphatic carboxylic acids is 1. The Morgan fingerprint density at radius 3 is 2.38 bits per heavy atom. The van der Waals surface area contributed by atoms with Crippen LogP contribution in [0.15, 0.2) is 89.3 Å². The molecule has 0 unspecified atom stereocenters. The maximum absolute atomic E-state index is 13.4. The lowest BCUT2D eigenvalue weighted by Crippen LogP contribution is -2.42. The molecule has 11 heteroatoms. The van der Waals surface area contributed by atoms with Gasteiger partial charge >= 0.3 is 12.1 Å². The summed E-state index contributed by atoms with van der Waals surface area (Å²) in [5.74, 6) is -1.25. The Kier molecular flexibility index (Phi) is 7.95. The highest BCUT2D eigenvalue weighted by Gasteiger charge is 2.31. The van der Waals surface area contributed by atoms with Gasteiger partial charge in [-0.2, -0.15) is 24.9 Å². The number of fused-ring (bicyclic) bond motifs is 1. The first kappa shape index (κ1) is 27.5. The van der Waals surface area contributed by atoms with Gasteiger partial charge in [-0.05, 0) is 47.3 Å². The van der Waals surface area contributed by atoms with E-state index in [1.165, 1.54) is 35.2 Å². The van der Waals surface area contributed by atoms with Gasteiger partial charge in [0.05, 0.1) is 10.4 Å². The molecule has 0 fully saturated rings. The van der Waals surface area contributed by atoms with Crippen LogP contribution < -0.4 is 5.32 Å². The topological polar surface area (TPSA) is 92.4 Å². The molecule has 1 amide bonds. The van der Waals surface area contributed by atoms with Gasteiger partial charge in [0.25, 0.3) is 5.91 Å². The number of carboxylic acids is 1. The molecule has 0 saturated heterocycles. The molecular formula is C29H21F3N2O4S2. The van der Waals surface area contributed by atoms with Crippen molar-refractivity contribution < 1.29 is 32.3 Å². The lowest BCUT2D eigenvalue weighted by atomic mass is 10.1. The van der Waals surface area contributed by atoms with Gasteiger partial charge < -0.3 is 14.8 Å². The summed E-state index contributed by atoms with van der Waals surface area (Å²) in [4.78, 5) is 30.2. The van der Waals surface area contributed by atoms with E-state index in [4.69, 9.17) is 4.42 Å². The number of thioether (sulfide) groups is 1. The smallest absolute Gasteiger partial charge is 0.416 e. The molecule has 2 heterocycles. The lowest BCUT2D eigenvalue weighted by Gasteiger charge is -2.13. The van der Waals surface area contributed by atoms with Gasteiger partial charge in [-0.3, -0.25) is 4.79 Å². The predicted molar refractivity (Wildman–Crippen MR) is 149 cm³/mol. The van der Waals surface area contributed by atoms with Crippen LogP contribution in [0.5, 0.6) is 0 Å². The third kappa shape index (κ3) is 6.21. The Hall–Kier alpha value is -4.09. The Morgan fingerprint density at radius 1 is 1.00 bits per heavy atom. The fourth-order valence-corrected chi connectivity index (χ4v) is 5.98. The van der Waals surface area contributed by atoms with E-state index in [1.54, 1.807) is 0 Å². The fourth-order valence-electron chi connectivity index (χ4n) is 3.93. The number of carbonyl (C=O) groups is 2. The van der Waals surface area contributed by atoms with E-state index in [0.29, 0.717) is 10.6 Å². The Morgan fingerprint density at radius 2 is 1.70 bits per heavy atom. The second-order valence-electron chi connectivity index (χ2n) is 8.79. The number of carboxylic acid groups (broad SMARTS) is 1. The molecule has 0 radical (unpaired) electrons. The van der Waals surface area contributed by atoms with Crippen molar-refractivity contribution in [1.82, 2.24) is 10.3 Å². The molecule has 0 saturated carbocycles. The zero-order valence-electron chi connectivity index (χ0n) is 20.6. The molecular weight excluding hydrogens is 561 g/mol. The Balaban J connectivity index is 1.44. The first-order valence-electron chi connectivity index (χ1n) is 12.0. The minimum Gasteiger partial charge on any atom is -0.480 e. The van der Waals surface area contributed by atoms with E-state index in [0.717, 1.165) is 27.8 Å². The third-order valence-corrected chi connectivity index (χ3v) is 8.17. The van der Waals surface area contributed by atoms with Crippen LogP contribution >= 0.6 is 23.1 Å². The number of carbonyl (C=O) groups excluding carboxylic acids is 1. The van der Waals surface area contributed by atoms with E-state index in [2.05, 4.69) is 10.3 Å². The lowest BCUT2D eigenvalue weighted by molar-refractivity contribution is -0.139. The van der Waals surface area contributed by atoms with Crippen molar-refractivity contribution >= 4 is 45.1 Å². The maximum Gasteiger partial charge on any atom is 0.416 e. The molecule has 5 rings (SSSR count). The number of nitrogens with zero attached hydrogens (tertiary/aromatic N) is 1. The van der Waals surface area contributed by atoms with E-state index in [9.17, 15) is 27.9 Å². The van der Waals surface area contributed by atoms with E-state index >= 15 is 0 Å². The summed E-state index contributed by atoms with van der Waals surface area (Å²) in [5.41, 5.74) is 0.277. The van der Waals surface area contributed by atoms with E-state index in [1.807, 2.05) is 60.7 Å². The summed E-state index contributed by atoms with van der Waals surface area (Å²) >= 11 is 2.71. The molecule has 3 aromatic carbocycles. The summed E-state index contributed by atoms with van der Waals surface area (Å²) in [6, 6.07) is 21.9. The summed E-state index contributed by atoms with van der Waals surface area (Å²) < 4.78 is 46.0. The molecule has 0 bridgehead atoms. The number of aromatic nitrogens is 1. The number of hydrogen-bond acceptors (Lipinski definition) is 6. The monoisotopic (exact) mass is 582 g/mol. The first-order chi connectivity index (χ1) is 19.2. The molecule has 1 atom stereocenters. The summed E-state index contributed by atoms with van der Waals surface area (Å²) in [6.07, 6.45) is -4.51. The van der Waals surface area contributed by atoms with E-state index in [-0.39, 0.29) is 28.7 Å². The molecule has 2 aromatic heterocycles. The minimum absolute atomic E-state index is 0.0586. The van der Waals surface area contributed by atoms with Crippen molar-refractivity contribution in [1.29, 1.82) is 0 Å². The summed E-state index contributed by atoms with van der Waals surface area (Å²) in [5, 5.41) is 13.2. The molecule has 204 valence electrons. The number of oxazole rings is 1. The van der Waals surface area contributed by atoms with Crippen molar-refractivity contribution in [3.05, 3.63) is 102 Å². The van der Waals surface area contributed by atoms with Gasteiger partial charge in [-0.25, -0.2) is 9.78 Å². The predicted octanol–water partition coefficient (Wildman–Crippen LogP) is 7.36. The van der Waals surface area contributed by atoms with Crippen molar-refractivity contribution in [3.8, 4) is 22.1 Å². The van der Waals surface area contributed by atoms with Crippen LogP contribution in [0.25, 0.3) is 32.2 Å². The normalized spacial score (nSPS) is 12.4. The fraction of sp³-hybridized carbons (Fsp3) is 0.138. The Labute approximate surface area is 234 Å². The maximum atomic E-state index is 13.4. The van der Waals surface area contributed by atoms with Crippen molar-refractivity contribution in [3.63, 3.8) is 0 Å². The van der Waals surface area contributed by atoms with Gasteiger partial charge in [-0.15, -0.1) is 11.3 Å².